The number of aryl methyl sites for hydroxylation is 3. The Bertz CT molecular complexity index is 804. The predicted octanol–water partition coefficient (Wildman–Crippen LogP) is 0.644. The second kappa shape index (κ2) is 5.92. The molecule has 1 amide bonds. The van der Waals surface area contributed by atoms with Gasteiger partial charge in [-0.25, -0.2) is 9.67 Å². The van der Waals surface area contributed by atoms with Crippen molar-refractivity contribution in [3.63, 3.8) is 0 Å². The van der Waals surface area contributed by atoms with Crippen LogP contribution in [0.15, 0.2) is 24.4 Å². The first-order chi connectivity index (χ1) is 10.6. The number of amides is 1. The van der Waals surface area contributed by atoms with E-state index in [0.717, 1.165) is 17.0 Å². The van der Waals surface area contributed by atoms with Crippen molar-refractivity contribution in [1.29, 1.82) is 0 Å². The highest BCUT2D eigenvalue weighted by Crippen LogP contribution is 2.08. The smallest absolute Gasteiger partial charge is 0.222 e. The molecule has 22 heavy (non-hydrogen) atoms. The number of nitrogens with zero attached hydrogens (tertiary/aromatic N) is 6. The fourth-order valence-corrected chi connectivity index (χ4v) is 2.22. The Morgan fingerprint density at radius 3 is 2.91 bits per heavy atom. The Labute approximate surface area is 127 Å². The largest absolute Gasteiger partial charge is 0.350 e. The summed E-state index contributed by atoms with van der Waals surface area (Å²) in [6.07, 6.45) is 2.27. The second-order valence-electron chi connectivity index (χ2n) is 5.10. The summed E-state index contributed by atoms with van der Waals surface area (Å²) in [4.78, 5) is 16.4. The highest BCUT2D eigenvalue weighted by atomic mass is 16.1. The van der Waals surface area contributed by atoms with E-state index in [1.165, 1.54) is 0 Å². The molecule has 8 heteroatoms. The molecular formula is C14H17N7O. The van der Waals surface area contributed by atoms with Gasteiger partial charge in [0.2, 0.25) is 5.91 Å². The summed E-state index contributed by atoms with van der Waals surface area (Å²) < 4.78 is 3.61. The Hall–Kier alpha value is -2.77. The quantitative estimate of drug-likeness (QED) is 0.747. The number of rotatable bonds is 5. The van der Waals surface area contributed by atoms with Crippen LogP contribution in [0.3, 0.4) is 0 Å². The Morgan fingerprint density at radius 2 is 2.18 bits per heavy atom. The van der Waals surface area contributed by atoms with Crippen LogP contribution < -0.4 is 5.32 Å². The van der Waals surface area contributed by atoms with Crippen molar-refractivity contribution < 1.29 is 4.79 Å². The zero-order valence-corrected chi connectivity index (χ0v) is 12.5. The van der Waals surface area contributed by atoms with Crippen molar-refractivity contribution in [1.82, 2.24) is 34.9 Å². The number of tetrazole rings is 1. The summed E-state index contributed by atoms with van der Waals surface area (Å²) in [5.74, 6) is 0.646. The van der Waals surface area contributed by atoms with Crippen molar-refractivity contribution in [2.24, 2.45) is 0 Å². The van der Waals surface area contributed by atoms with Gasteiger partial charge in [-0.1, -0.05) is 6.07 Å². The molecule has 0 aromatic carbocycles. The van der Waals surface area contributed by atoms with Gasteiger partial charge in [-0.2, -0.15) is 0 Å². The van der Waals surface area contributed by atoms with Gasteiger partial charge in [-0.3, -0.25) is 4.79 Å². The molecule has 0 radical (unpaired) electrons. The SMILES string of the molecule is Cc1nnnn1CCC(=O)NCc1cn2c(C)cccc2n1. The van der Waals surface area contributed by atoms with Gasteiger partial charge in [0, 0.05) is 18.3 Å². The van der Waals surface area contributed by atoms with Crippen LogP contribution in [0, 0.1) is 13.8 Å². The predicted molar refractivity (Wildman–Crippen MR) is 78.9 cm³/mol. The maximum Gasteiger partial charge on any atom is 0.222 e. The monoisotopic (exact) mass is 299 g/mol. The lowest BCUT2D eigenvalue weighted by molar-refractivity contribution is -0.121. The van der Waals surface area contributed by atoms with E-state index in [0.29, 0.717) is 25.3 Å². The van der Waals surface area contributed by atoms with E-state index in [9.17, 15) is 4.79 Å². The Morgan fingerprint density at radius 1 is 1.32 bits per heavy atom. The first-order valence-corrected chi connectivity index (χ1v) is 7.06. The molecule has 0 saturated heterocycles. The van der Waals surface area contributed by atoms with E-state index in [4.69, 9.17) is 0 Å². The molecule has 114 valence electrons. The molecule has 3 rings (SSSR count). The summed E-state index contributed by atoms with van der Waals surface area (Å²) in [7, 11) is 0. The normalized spacial score (nSPS) is 11.0. The molecule has 0 unspecified atom stereocenters. The summed E-state index contributed by atoms with van der Waals surface area (Å²) >= 11 is 0. The average molecular weight is 299 g/mol. The molecular weight excluding hydrogens is 282 g/mol. The van der Waals surface area contributed by atoms with Crippen molar-refractivity contribution >= 4 is 11.6 Å². The van der Waals surface area contributed by atoms with Gasteiger partial charge in [0.25, 0.3) is 0 Å². The van der Waals surface area contributed by atoms with Crippen LogP contribution in [0.5, 0.6) is 0 Å². The number of fused-ring (bicyclic) bond motifs is 1. The van der Waals surface area contributed by atoms with Gasteiger partial charge in [0.15, 0.2) is 0 Å². The molecule has 0 spiro atoms. The van der Waals surface area contributed by atoms with Gasteiger partial charge >= 0.3 is 0 Å². The van der Waals surface area contributed by atoms with Gasteiger partial charge in [-0.05, 0) is 36.4 Å². The number of nitrogens with one attached hydrogen (secondary N) is 1. The number of carbonyl (C=O) groups excluding carboxylic acids is 1. The molecule has 0 aliphatic carbocycles. The van der Waals surface area contributed by atoms with E-state index >= 15 is 0 Å². The minimum absolute atomic E-state index is 0.0521. The molecule has 3 heterocycles. The third kappa shape index (κ3) is 2.95. The minimum Gasteiger partial charge on any atom is -0.350 e. The maximum absolute atomic E-state index is 11.9. The molecule has 0 aliphatic rings. The third-order valence-electron chi connectivity index (χ3n) is 3.47. The lowest BCUT2D eigenvalue weighted by Crippen LogP contribution is -2.24. The van der Waals surface area contributed by atoms with Crippen molar-refractivity contribution in [3.8, 4) is 0 Å². The van der Waals surface area contributed by atoms with Crippen molar-refractivity contribution in [3.05, 3.63) is 41.6 Å². The summed E-state index contributed by atoms with van der Waals surface area (Å²) in [6.45, 7) is 4.70. The third-order valence-corrected chi connectivity index (χ3v) is 3.47. The van der Waals surface area contributed by atoms with Crippen molar-refractivity contribution in [2.75, 3.05) is 0 Å². The topological polar surface area (TPSA) is 90.0 Å². The van der Waals surface area contributed by atoms with Crippen LogP contribution >= 0.6 is 0 Å². The number of carbonyl (C=O) groups is 1. The van der Waals surface area contributed by atoms with Crippen LogP contribution in [0.2, 0.25) is 0 Å². The van der Waals surface area contributed by atoms with Gasteiger partial charge in [0.1, 0.15) is 11.5 Å². The number of hydrogen-bond acceptors (Lipinski definition) is 5. The van der Waals surface area contributed by atoms with Crippen molar-refractivity contribution in [2.45, 2.75) is 33.4 Å². The van der Waals surface area contributed by atoms with E-state index in [2.05, 4.69) is 25.8 Å². The number of hydrogen-bond donors (Lipinski definition) is 1. The fraction of sp³-hybridized carbons (Fsp3) is 0.357. The number of pyridine rings is 1. The molecule has 3 aromatic heterocycles. The first-order valence-electron chi connectivity index (χ1n) is 7.06. The molecule has 0 atom stereocenters. The van der Waals surface area contributed by atoms with Gasteiger partial charge < -0.3 is 9.72 Å². The molecule has 0 aliphatic heterocycles. The minimum atomic E-state index is -0.0521. The Balaban J connectivity index is 1.56. The standard InChI is InChI=1S/C14H17N7O/c1-10-4-3-5-13-16-12(9-20(10)13)8-15-14(22)6-7-21-11(2)17-18-19-21/h3-5,9H,6-8H2,1-2H3,(H,15,22). The van der Waals surface area contributed by atoms with Crippen LogP contribution in [0.1, 0.15) is 23.6 Å². The average Bonchev–Trinajstić information content (AvgIpc) is 3.10. The van der Waals surface area contributed by atoms with E-state index in [1.807, 2.05) is 35.7 Å². The summed E-state index contributed by atoms with van der Waals surface area (Å²) in [5.41, 5.74) is 2.83. The second-order valence-corrected chi connectivity index (χ2v) is 5.10. The number of imidazole rings is 1. The molecule has 1 N–H and O–H groups in total. The first kappa shape index (κ1) is 14.2. The molecule has 8 nitrogen and oxygen atoms in total. The van der Waals surface area contributed by atoms with Gasteiger partial charge in [0.05, 0.1) is 18.8 Å². The summed E-state index contributed by atoms with van der Waals surface area (Å²) in [6, 6.07) is 5.93. The van der Waals surface area contributed by atoms with Crippen LogP contribution in [-0.2, 0) is 17.9 Å². The van der Waals surface area contributed by atoms with Crippen LogP contribution in [0.4, 0.5) is 0 Å². The fourth-order valence-electron chi connectivity index (χ4n) is 2.22. The van der Waals surface area contributed by atoms with Crippen LogP contribution in [-0.4, -0.2) is 35.5 Å². The number of aromatic nitrogens is 6. The van der Waals surface area contributed by atoms with Gasteiger partial charge in [-0.15, -0.1) is 5.10 Å². The molecule has 0 bridgehead atoms. The summed E-state index contributed by atoms with van der Waals surface area (Å²) in [5, 5.41) is 14.0. The maximum atomic E-state index is 11.9. The zero-order chi connectivity index (χ0) is 15.5. The highest BCUT2D eigenvalue weighted by molar-refractivity contribution is 5.75. The molecule has 0 fully saturated rings. The van der Waals surface area contributed by atoms with E-state index < -0.39 is 0 Å². The molecule has 0 saturated carbocycles. The van der Waals surface area contributed by atoms with E-state index in [1.54, 1.807) is 11.6 Å². The molecule has 3 aromatic rings. The van der Waals surface area contributed by atoms with E-state index in [-0.39, 0.29) is 5.91 Å². The zero-order valence-electron chi connectivity index (χ0n) is 12.5. The van der Waals surface area contributed by atoms with Crippen LogP contribution in [0.25, 0.3) is 5.65 Å². The lowest BCUT2D eigenvalue weighted by Gasteiger charge is -2.03. The lowest BCUT2D eigenvalue weighted by atomic mass is 10.3. The highest BCUT2D eigenvalue weighted by Gasteiger charge is 2.07. The Kier molecular flexibility index (Phi) is 3.82.